The van der Waals surface area contributed by atoms with Gasteiger partial charge in [-0.2, -0.15) is 12.6 Å². The smallest absolute Gasteiger partial charge is 0.322 e. The molecule has 0 fully saturated rings. The van der Waals surface area contributed by atoms with Crippen LogP contribution in [0.2, 0.25) is 0 Å². The quantitative estimate of drug-likeness (QED) is 0.201. The summed E-state index contributed by atoms with van der Waals surface area (Å²) in [5.74, 6) is -4.75. The van der Waals surface area contributed by atoms with Crippen LogP contribution in [0.15, 0.2) is 0 Å². The zero-order valence-electron chi connectivity index (χ0n) is 10.5. The minimum Gasteiger partial charge on any atom is -0.481 e. The number of carbonyl (C=O) groups is 4. The molecule has 0 spiro atoms. The highest BCUT2D eigenvalue weighted by atomic mass is 32.1. The highest BCUT2D eigenvalue weighted by Gasteiger charge is 2.43. The first-order valence-electron chi connectivity index (χ1n) is 5.56. The second-order valence-electron chi connectivity index (χ2n) is 4.11. The lowest BCUT2D eigenvalue weighted by Gasteiger charge is -2.27. The minimum atomic E-state index is -2.10. The van der Waals surface area contributed by atoms with E-state index >= 15 is 0 Å². The van der Waals surface area contributed by atoms with Crippen molar-refractivity contribution in [2.24, 2.45) is 11.5 Å². The molecule has 0 saturated carbocycles. The average molecular weight is 307 g/mol. The Morgan fingerprint density at radius 3 is 2.15 bits per heavy atom. The van der Waals surface area contributed by atoms with Crippen molar-refractivity contribution in [3.05, 3.63) is 0 Å². The Balaban J connectivity index is 4.83. The second-order valence-corrected chi connectivity index (χ2v) is 4.43. The Hall–Kier alpha value is -1.65. The Labute approximate surface area is 120 Å². The number of carboxylic acid groups (broad SMARTS) is 2. The molecule has 7 N–H and O–H groups in total. The van der Waals surface area contributed by atoms with Gasteiger partial charge < -0.3 is 27.0 Å². The van der Waals surface area contributed by atoms with E-state index in [0.717, 1.165) is 0 Å². The number of aliphatic carboxylic acids is 2. The molecule has 0 radical (unpaired) electrons. The van der Waals surface area contributed by atoms with E-state index in [1.54, 1.807) is 0 Å². The van der Waals surface area contributed by atoms with Crippen LogP contribution in [-0.4, -0.2) is 57.7 Å². The molecule has 0 aliphatic carbocycles. The Morgan fingerprint density at radius 1 is 1.20 bits per heavy atom. The van der Waals surface area contributed by atoms with E-state index < -0.39 is 47.5 Å². The number of amides is 1. The molecule has 0 saturated heterocycles. The summed E-state index contributed by atoms with van der Waals surface area (Å²) in [5.41, 5.74) is 9.02. The maximum Gasteiger partial charge on any atom is 0.322 e. The number of Topliss-reactive ketones (excluding diaryl/α,β-unsaturated/α-hetero) is 1. The standard InChI is InChI=1S/C10H17N3O6S/c11-5(1-2-6(14)15)8(18)10(12,4-20)9(19)13-3-7(16)17/h5,20H,1-4,11-12H2,(H,13,19)(H,14,15)(H,16,17). The number of nitrogens with two attached hydrogens (primary N) is 2. The van der Waals surface area contributed by atoms with Gasteiger partial charge in [-0.05, 0) is 6.42 Å². The molecular weight excluding hydrogens is 290 g/mol. The molecule has 0 bridgehead atoms. The number of thiol groups is 1. The van der Waals surface area contributed by atoms with Gasteiger partial charge in [0.05, 0.1) is 6.04 Å². The van der Waals surface area contributed by atoms with Crippen molar-refractivity contribution >= 4 is 36.3 Å². The zero-order chi connectivity index (χ0) is 15.9. The van der Waals surface area contributed by atoms with Crippen molar-refractivity contribution in [2.75, 3.05) is 12.3 Å². The third-order valence-electron chi connectivity index (χ3n) is 2.50. The molecule has 1 amide bonds. The van der Waals surface area contributed by atoms with Gasteiger partial charge in [-0.3, -0.25) is 19.2 Å². The minimum absolute atomic E-state index is 0.187. The summed E-state index contributed by atoms with van der Waals surface area (Å²) < 4.78 is 0. The largest absolute Gasteiger partial charge is 0.481 e. The van der Waals surface area contributed by atoms with Crippen molar-refractivity contribution in [1.82, 2.24) is 5.32 Å². The van der Waals surface area contributed by atoms with Crippen LogP contribution in [-0.2, 0) is 19.2 Å². The molecule has 0 aromatic carbocycles. The van der Waals surface area contributed by atoms with Crippen molar-refractivity contribution in [2.45, 2.75) is 24.4 Å². The fraction of sp³-hybridized carbons (Fsp3) is 0.600. The Kier molecular flexibility index (Phi) is 7.18. The summed E-state index contributed by atoms with van der Waals surface area (Å²) in [6, 6.07) is -1.25. The zero-order valence-corrected chi connectivity index (χ0v) is 11.4. The normalized spacial score (nSPS) is 14.9. The molecule has 10 heteroatoms. The van der Waals surface area contributed by atoms with Gasteiger partial charge in [0.1, 0.15) is 6.54 Å². The number of hydrogen-bond donors (Lipinski definition) is 6. The molecule has 0 aromatic heterocycles. The van der Waals surface area contributed by atoms with E-state index in [9.17, 15) is 19.2 Å². The Bertz CT molecular complexity index is 416. The number of carbonyl (C=O) groups excluding carboxylic acids is 2. The van der Waals surface area contributed by atoms with Gasteiger partial charge in [-0.15, -0.1) is 0 Å². The number of ketones is 1. The molecule has 0 aliphatic heterocycles. The van der Waals surface area contributed by atoms with Crippen molar-refractivity contribution < 1.29 is 29.4 Å². The van der Waals surface area contributed by atoms with Gasteiger partial charge >= 0.3 is 11.9 Å². The van der Waals surface area contributed by atoms with Gasteiger partial charge in [0.25, 0.3) is 0 Å². The van der Waals surface area contributed by atoms with Crippen molar-refractivity contribution in [3.63, 3.8) is 0 Å². The molecular formula is C10H17N3O6S. The lowest BCUT2D eigenvalue weighted by Crippen LogP contribution is -2.65. The number of carboxylic acids is 2. The predicted molar refractivity (Wildman–Crippen MR) is 71.3 cm³/mol. The monoisotopic (exact) mass is 307 g/mol. The molecule has 20 heavy (non-hydrogen) atoms. The lowest BCUT2D eigenvalue weighted by molar-refractivity contribution is -0.141. The summed E-state index contributed by atoms with van der Waals surface area (Å²) in [6.07, 6.45) is -0.542. The van der Waals surface area contributed by atoms with Crippen LogP contribution in [0.4, 0.5) is 0 Å². The van der Waals surface area contributed by atoms with Gasteiger partial charge in [-0.1, -0.05) is 0 Å². The summed E-state index contributed by atoms with van der Waals surface area (Å²) in [5, 5.41) is 18.9. The highest BCUT2D eigenvalue weighted by Crippen LogP contribution is 2.11. The first kappa shape index (κ1) is 18.4. The average Bonchev–Trinajstić information content (AvgIpc) is 2.39. The molecule has 2 atom stereocenters. The van der Waals surface area contributed by atoms with Crippen LogP contribution in [0, 0.1) is 0 Å². The van der Waals surface area contributed by atoms with Crippen LogP contribution in [0.25, 0.3) is 0 Å². The number of hydrogen-bond acceptors (Lipinski definition) is 7. The maximum atomic E-state index is 12.0. The fourth-order valence-electron chi connectivity index (χ4n) is 1.32. The van der Waals surface area contributed by atoms with Crippen LogP contribution in [0.1, 0.15) is 12.8 Å². The number of nitrogens with one attached hydrogen (secondary N) is 1. The van der Waals surface area contributed by atoms with Gasteiger partial charge in [-0.25, -0.2) is 0 Å². The van der Waals surface area contributed by atoms with E-state index in [4.69, 9.17) is 21.7 Å². The highest BCUT2D eigenvalue weighted by molar-refractivity contribution is 7.80. The van der Waals surface area contributed by atoms with E-state index in [2.05, 4.69) is 12.6 Å². The van der Waals surface area contributed by atoms with Crippen LogP contribution >= 0.6 is 12.6 Å². The molecule has 0 aromatic rings. The van der Waals surface area contributed by atoms with Gasteiger partial charge in [0, 0.05) is 12.2 Å². The van der Waals surface area contributed by atoms with Crippen molar-refractivity contribution in [1.29, 1.82) is 0 Å². The summed E-state index contributed by atoms with van der Waals surface area (Å²) >= 11 is 3.80. The van der Waals surface area contributed by atoms with Gasteiger partial charge in [0.2, 0.25) is 5.91 Å². The maximum absolute atomic E-state index is 12.0. The SMILES string of the molecule is NC(CCC(=O)O)C(=O)C(N)(CS)C(=O)NCC(=O)O. The molecule has 0 aliphatic rings. The lowest BCUT2D eigenvalue weighted by atomic mass is 9.89. The predicted octanol–water partition coefficient (Wildman–Crippen LogP) is -2.42. The third-order valence-corrected chi connectivity index (χ3v) is 3.00. The Morgan fingerprint density at radius 2 is 1.75 bits per heavy atom. The summed E-state index contributed by atoms with van der Waals surface area (Å²) in [4.78, 5) is 44.5. The van der Waals surface area contributed by atoms with E-state index in [-0.39, 0.29) is 12.8 Å². The first-order valence-corrected chi connectivity index (χ1v) is 6.20. The molecule has 0 heterocycles. The summed E-state index contributed by atoms with van der Waals surface area (Å²) in [6.45, 7) is -0.705. The molecule has 2 unspecified atom stereocenters. The topological polar surface area (TPSA) is 173 Å². The second kappa shape index (κ2) is 7.82. The number of rotatable bonds is 9. The van der Waals surface area contributed by atoms with Gasteiger partial charge in [0.15, 0.2) is 11.3 Å². The summed E-state index contributed by atoms with van der Waals surface area (Å²) in [7, 11) is 0. The van der Waals surface area contributed by atoms with Crippen LogP contribution < -0.4 is 16.8 Å². The molecule has 114 valence electrons. The van der Waals surface area contributed by atoms with E-state index in [1.807, 2.05) is 5.32 Å². The van der Waals surface area contributed by atoms with E-state index in [0.29, 0.717) is 0 Å². The van der Waals surface area contributed by atoms with Crippen LogP contribution in [0.3, 0.4) is 0 Å². The third kappa shape index (κ3) is 5.15. The van der Waals surface area contributed by atoms with E-state index in [1.165, 1.54) is 0 Å². The molecule has 9 nitrogen and oxygen atoms in total. The fourth-order valence-corrected chi connectivity index (χ4v) is 1.62. The van der Waals surface area contributed by atoms with Crippen molar-refractivity contribution in [3.8, 4) is 0 Å². The first-order chi connectivity index (χ1) is 9.15. The van der Waals surface area contributed by atoms with Crippen LogP contribution in [0.5, 0.6) is 0 Å². The molecule has 0 rings (SSSR count).